The van der Waals surface area contributed by atoms with E-state index in [0.29, 0.717) is 41.7 Å². The number of benzene rings is 1. The molecule has 10 heteroatoms. The van der Waals surface area contributed by atoms with E-state index < -0.39 is 23.7 Å². The molecule has 3 N–H and O–H groups in total. The van der Waals surface area contributed by atoms with Gasteiger partial charge in [0.1, 0.15) is 11.6 Å². The number of ether oxygens (including phenoxy) is 1. The SMILES string of the molecule is CN1Cc2cc(C(=O)[N+]3(C(=O)OC(C)(C)C)CCC(C4CCNCC4)CC3)ccc2N[C@@H](CC(=O)O)C1=O. The molecule has 0 spiro atoms. The lowest BCUT2D eigenvalue weighted by Gasteiger charge is -2.41. The Hall–Kier alpha value is -2.98. The fourth-order valence-electron chi connectivity index (χ4n) is 6.04. The Morgan fingerprint density at radius 1 is 1.08 bits per heavy atom. The van der Waals surface area contributed by atoms with E-state index in [9.17, 15) is 24.3 Å². The average molecular weight is 530 g/mol. The Morgan fingerprint density at radius 2 is 1.71 bits per heavy atom. The van der Waals surface area contributed by atoms with Crippen LogP contribution in [0.15, 0.2) is 18.2 Å². The molecule has 1 aromatic carbocycles. The number of fused-ring (bicyclic) bond motifs is 1. The van der Waals surface area contributed by atoms with Crippen LogP contribution in [0.2, 0.25) is 0 Å². The number of amides is 3. The number of carboxylic acids is 1. The molecule has 1 aromatic rings. The Morgan fingerprint density at radius 3 is 2.32 bits per heavy atom. The maximum absolute atomic E-state index is 14.1. The van der Waals surface area contributed by atoms with Crippen molar-refractivity contribution in [1.29, 1.82) is 0 Å². The summed E-state index contributed by atoms with van der Waals surface area (Å²) in [5.74, 6) is -0.603. The summed E-state index contributed by atoms with van der Waals surface area (Å²) < 4.78 is 5.43. The lowest BCUT2D eigenvalue weighted by atomic mass is 9.78. The van der Waals surface area contributed by atoms with Crippen molar-refractivity contribution in [2.45, 2.75) is 71.1 Å². The lowest BCUT2D eigenvalue weighted by molar-refractivity contribution is -0.785. The number of quaternary nitrogens is 1. The van der Waals surface area contributed by atoms with Crippen LogP contribution in [-0.2, 0) is 20.9 Å². The first-order chi connectivity index (χ1) is 17.9. The number of rotatable bonds is 4. The van der Waals surface area contributed by atoms with Crippen LogP contribution >= 0.6 is 0 Å². The molecule has 0 saturated carbocycles. The number of carbonyl (C=O) groups excluding carboxylic acids is 3. The molecular weight excluding hydrogens is 488 g/mol. The average Bonchev–Trinajstić information content (AvgIpc) is 2.98. The second-order valence-corrected chi connectivity index (χ2v) is 12.0. The van der Waals surface area contributed by atoms with Crippen LogP contribution in [0.25, 0.3) is 0 Å². The number of nitrogens with one attached hydrogen (secondary N) is 2. The van der Waals surface area contributed by atoms with Crippen LogP contribution in [0.1, 0.15) is 68.8 Å². The standard InChI is InChI=1S/C28H40N4O6/c1-28(2,3)38-27(37)32(13-9-19(10-14-32)18-7-11-29-12-8-18)26(36)20-5-6-22-21(15-20)17-31(4)25(35)23(30-22)16-24(33)34/h5-6,15,18-19,23,29H,7-14,16-17H2,1-4H3,(H-,30,33,34,36)/p+1/t19?,23-,32?/m0/s1. The van der Waals surface area contributed by atoms with Crippen molar-refractivity contribution in [3.8, 4) is 0 Å². The van der Waals surface area contributed by atoms with Gasteiger partial charge < -0.3 is 25.4 Å². The van der Waals surface area contributed by atoms with E-state index in [-0.39, 0.29) is 29.3 Å². The highest BCUT2D eigenvalue weighted by molar-refractivity contribution is 5.96. The van der Waals surface area contributed by atoms with Crippen molar-refractivity contribution in [1.82, 2.24) is 10.2 Å². The third-order valence-corrected chi connectivity index (χ3v) is 8.09. The van der Waals surface area contributed by atoms with Crippen LogP contribution in [0, 0.1) is 11.8 Å². The first kappa shape index (κ1) is 28.0. The number of likely N-dealkylation sites (N-methyl/N-ethyl adjacent to an activating group) is 1. The second kappa shape index (κ2) is 11.0. The minimum Gasteiger partial charge on any atom is -0.481 e. The van der Waals surface area contributed by atoms with E-state index in [1.807, 2.05) is 20.8 Å². The molecule has 3 heterocycles. The molecule has 0 bridgehead atoms. The number of nitrogens with zero attached hydrogens (tertiary/aromatic N) is 2. The normalized spacial score (nSPS) is 26.6. The molecule has 2 fully saturated rings. The molecule has 0 aliphatic carbocycles. The van der Waals surface area contributed by atoms with Crippen LogP contribution < -0.4 is 10.6 Å². The summed E-state index contributed by atoms with van der Waals surface area (Å²) in [5, 5.41) is 15.7. The molecule has 3 amide bonds. The fraction of sp³-hybridized carbons (Fsp3) is 0.643. The summed E-state index contributed by atoms with van der Waals surface area (Å²) >= 11 is 0. The summed E-state index contributed by atoms with van der Waals surface area (Å²) in [5.41, 5.74) is 0.966. The molecule has 208 valence electrons. The highest BCUT2D eigenvalue weighted by atomic mass is 16.6. The third-order valence-electron chi connectivity index (χ3n) is 8.09. The van der Waals surface area contributed by atoms with Gasteiger partial charge in [0.25, 0.3) is 0 Å². The zero-order valence-electron chi connectivity index (χ0n) is 22.9. The number of carboxylic acid groups (broad SMARTS) is 1. The van der Waals surface area contributed by atoms with Gasteiger partial charge in [0.05, 0.1) is 25.1 Å². The molecule has 2 saturated heterocycles. The molecule has 0 radical (unpaired) electrons. The Bertz CT molecular complexity index is 1080. The Kier molecular flexibility index (Phi) is 8.13. The van der Waals surface area contributed by atoms with Gasteiger partial charge in [-0.2, -0.15) is 9.28 Å². The molecule has 3 aliphatic rings. The van der Waals surface area contributed by atoms with Gasteiger partial charge in [-0.25, -0.2) is 4.79 Å². The lowest BCUT2D eigenvalue weighted by Crippen LogP contribution is -2.62. The largest absolute Gasteiger partial charge is 0.524 e. The molecule has 4 rings (SSSR count). The van der Waals surface area contributed by atoms with Gasteiger partial charge in [0.15, 0.2) is 0 Å². The van der Waals surface area contributed by atoms with Gasteiger partial charge in [-0.3, -0.25) is 9.59 Å². The summed E-state index contributed by atoms with van der Waals surface area (Å²) in [6.45, 7) is 8.47. The number of carbonyl (C=O) groups is 4. The van der Waals surface area contributed by atoms with E-state index >= 15 is 0 Å². The maximum atomic E-state index is 14.1. The summed E-state index contributed by atoms with van der Waals surface area (Å²) in [6.07, 6.45) is 2.95. The van der Waals surface area contributed by atoms with Crippen molar-refractivity contribution in [2.24, 2.45) is 11.8 Å². The van der Waals surface area contributed by atoms with Crippen molar-refractivity contribution < 1.29 is 33.5 Å². The van der Waals surface area contributed by atoms with E-state index in [4.69, 9.17) is 4.74 Å². The van der Waals surface area contributed by atoms with E-state index in [2.05, 4.69) is 10.6 Å². The molecule has 0 aromatic heterocycles. The fourth-order valence-corrected chi connectivity index (χ4v) is 6.04. The van der Waals surface area contributed by atoms with E-state index in [0.717, 1.165) is 38.8 Å². The van der Waals surface area contributed by atoms with E-state index in [1.54, 1.807) is 25.2 Å². The monoisotopic (exact) mass is 529 g/mol. The Labute approximate surface area is 224 Å². The van der Waals surface area contributed by atoms with Crippen LogP contribution in [0.4, 0.5) is 10.5 Å². The van der Waals surface area contributed by atoms with Gasteiger partial charge in [-0.15, -0.1) is 0 Å². The number of hydrogen-bond donors (Lipinski definition) is 3. The number of piperidine rings is 2. The summed E-state index contributed by atoms with van der Waals surface area (Å²) in [4.78, 5) is 53.2. The van der Waals surface area contributed by atoms with Crippen molar-refractivity contribution in [3.05, 3.63) is 29.3 Å². The number of imide groups is 1. The number of anilines is 1. The quantitative estimate of drug-likeness (QED) is 0.508. The molecule has 1 atom stereocenters. The van der Waals surface area contributed by atoms with Gasteiger partial charge in [-0.1, -0.05) is 0 Å². The summed E-state index contributed by atoms with van der Waals surface area (Å²) in [6, 6.07) is 4.19. The van der Waals surface area contributed by atoms with Crippen molar-refractivity contribution >= 4 is 29.6 Å². The van der Waals surface area contributed by atoms with Crippen LogP contribution in [0.3, 0.4) is 0 Å². The maximum Gasteiger partial charge on any atom is 0.524 e. The van der Waals surface area contributed by atoms with E-state index in [1.165, 1.54) is 4.90 Å². The molecule has 10 nitrogen and oxygen atoms in total. The molecule has 38 heavy (non-hydrogen) atoms. The van der Waals surface area contributed by atoms with Gasteiger partial charge in [0, 0.05) is 32.1 Å². The van der Waals surface area contributed by atoms with Gasteiger partial charge >= 0.3 is 18.0 Å². The Balaban J connectivity index is 1.62. The first-order valence-electron chi connectivity index (χ1n) is 13.6. The minimum absolute atomic E-state index is 0.225. The van der Waals surface area contributed by atoms with Crippen LogP contribution in [0.5, 0.6) is 0 Å². The highest BCUT2D eigenvalue weighted by Gasteiger charge is 2.51. The molecule has 0 unspecified atom stereocenters. The zero-order chi connectivity index (χ0) is 27.7. The predicted octanol–water partition coefficient (Wildman–Crippen LogP) is 3.22. The van der Waals surface area contributed by atoms with Crippen molar-refractivity contribution in [2.75, 3.05) is 38.5 Å². The molecular formula is C28H41N4O6+. The number of hydrogen-bond acceptors (Lipinski definition) is 7. The number of aliphatic carboxylic acids is 1. The topological polar surface area (TPSA) is 125 Å². The minimum atomic E-state index is -1.07. The van der Waals surface area contributed by atoms with Crippen LogP contribution in [-0.4, -0.2) is 83.2 Å². The second-order valence-electron chi connectivity index (χ2n) is 12.0. The van der Waals surface area contributed by atoms with Gasteiger partial charge in [0.2, 0.25) is 5.91 Å². The highest BCUT2D eigenvalue weighted by Crippen LogP contribution is 2.36. The van der Waals surface area contributed by atoms with Crippen molar-refractivity contribution in [3.63, 3.8) is 0 Å². The number of likely N-dealkylation sites (tertiary alicyclic amines) is 1. The third kappa shape index (κ3) is 6.02. The zero-order valence-corrected chi connectivity index (χ0v) is 22.9. The first-order valence-corrected chi connectivity index (χ1v) is 13.6. The predicted molar refractivity (Wildman–Crippen MR) is 141 cm³/mol. The molecule has 3 aliphatic heterocycles. The smallest absolute Gasteiger partial charge is 0.481 e. The summed E-state index contributed by atoms with van der Waals surface area (Å²) in [7, 11) is 1.61. The van der Waals surface area contributed by atoms with Gasteiger partial charge in [-0.05, 0) is 82.3 Å².